The minimum atomic E-state index is -0.487. The van der Waals surface area contributed by atoms with E-state index >= 15 is 0 Å². The number of rotatable bonds is 5. The van der Waals surface area contributed by atoms with E-state index in [1.807, 2.05) is 18.4 Å². The number of hydrogen-bond donors (Lipinski definition) is 0. The van der Waals surface area contributed by atoms with Crippen molar-refractivity contribution in [2.75, 3.05) is 0 Å². The lowest BCUT2D eigenvalue weighted by molar-refractivity contribution is -0.385. The molecule has 3 aromatic rings. The summed E-state index contributed by atoms with van der Waals surface area (Å²) in [4.78, 5) is 14.4. The molecule has 3 rings (SSSR count). The molecule has 0 aliphatic heterocycles. The first-order valence-electron chi connectivity index (χ1n) is 7.55. The topological polar surface area (TPSA) is 86.7 Å². The molecule has 0 aliphatic carbocycles. The van der Waals surface area contributed by atoms with Crippen LogP contribution in [-0.2, 0) is 0 Å². The van der Waals surface area contributed by atoms with E-state index in [1.54, 1.807) is 24.3 Å². The van der Waals surface area contributed by atoms with Gasteiger partial charge in [-0.2, -0.15) is 0 Å². The molecule has 0 radical (unpaired) electrons. The first kappa shape index (κ1) is 18.6. The number of nitro groups is 1. The average molecular weight is 410 g/mol. The van der Waals surface area contributed by atoms with Crippen LogP contribution in [0.1, 0.15) is 19.9 Å². The van der Waals surface area contributed by atoms with Gasteiger partial charge in [0.25, 0.3) is 5.69 Å². The van der Waals surface area contributed by atoms with Gasteiger partial charge in [0.2, 0.25) is 0 Å². The third-order valence-electron chi connectivity index (χ3n) is 3.48. The third-order valence-corrected chi connectivity index (χ3v) is 4.94. The summed E-state index contributed by atoms with van der Waals surface area (Å²) >= 11 is 13.5. The van der Waals surface area contributed by atoms with E-state index in [-0.39, 0.29) is 11.7 Å². The Hall–Kier alpha value is -2.16. The number of benzene rings is 1. The van der Waals surface area contributed by atoms with Gasteiger partial charge in [-0.05, 0) is 49.9 Å². The summed E-state index contributed by atoms with van der Waals surface area (Å²) in [5, 5.41) is 21.5. The maximum atomic E-state index is 10.7. The van der Waals surface area contributed by atoms with Crippen molar-refractivity contribution in [1.29, 1.82) is 0 Å². The highest BCUT2D eigenvalue weighted by atomic mass is 35.5. The molecule has 0 bridgehead atoms. The Bertz CT molecular complexity index is 960. The van der Waals surface area contributed by atoms with Gasteiger partial charge in [0.15, 0.2) is 11.0 Å². The lowest BCUT2D eigenvalue weighted by Gasteiger charge is -2.14. The van der Waals surface area contributed by atoms with Gasteiger partial charge in [-0.25, -0.2) is 4.98 Å². The Kier molecular flexibility index (Phi) is 5.45. The fourth-order valence-corrected chi connectivity index (χ4v) is 3.70. The van der Waals surface area contributed by atoms with Crippen LogP contribution in [-0.4, -0.2) is 24.7 Å². The highest BCUT2D eigenvalue weighted by Gasteiger charge is 2.20. The number of aromatic nitrogens is 4. The van der Waals surface area contributed by atoms with E-state index < -0.39 is 4.92 Å². The summed E-state index contributed by atoms with van der Waals surface area (Å²) < 4.78 is 1.93. The fraction of sp³-hybridized carbons (Fsp3) is 0.188. The molecule has 2 aromatic heterocycles. The molecule has 26 heavy (non-hydrogen) atoms. The van der Waals surface area contributed by atoms with Crippen molar-refractivity contribution in [2.24, 2.45) is 0 Å². The van der Waals surface area contributed by atoms with Gasteiger partial charge in [-0.3, -0.25) is 14.7 Å². The van der Waals surface area contributed by atoms with E-state index in [0.717, 1.165) is 5.56 Å². The normalized spacial score (nSPS) is 11.1. The molecule has 0 fully saturated rings. The average Bonchev–Trinajstić information content (AvgIpc) is 2.99. The molecule has 0 unspecified atom stereocenters. The number of halogens is 2. The zero-order valence-corrected chi connectivity index (χ0v) is 16.1. The van der Waals surface area contributed by atoms with Gasteiger partial charge in [-0.1, -0.05) is 23.2 Å². The van der Waals surface area contributed by atoms with Crippen LogP contribution in [0.5, 0.6) is 0 Å². The van der Waals surface area contributed by atoms with Crippen LogP contribution in [0.25, 0.3) is 11.4 Å². The Morgan fingerprint density at radius 3 is 2.54 bits per heavy atom. The van der Waals surface area contributed by atoms with E-state index in [1.165, 1.54) is 24.0 Å². The van der Waals surface area contributed by atoms with E-state index in [2.05, 4.69) is 15.2 Å². The zero-order chi connectivity index (χ0) is 18.8. The smallest absolute Gasteiger partial charge is 0.287 e. The maximum Gasteiger partial charge on any atom is 0.287 e. The van der Waals surface area contributed by atoms with Crippen molar-refractivity contribution in [3.05, 3.63) is 56.7 Å². The van der Waals surface area contributed by atoms with Gasteiger partial charge in [-0.15, -0.1) is 10.2 Å². The predicted octanol–water partition coefficient (Wildman–Crippen LogP) is 5.29. The van der Waals surface area contributed by atoms with Gasteiger partial charge in [0.1, 0.15) is 11.2 Å². The van der Waals surface area contributed by atoms with Gasteiger partial charge in [0.05, 0.1) is 9.95 Å². The first-order valence-corrected chi connectivity index (χ1v) is 9.12. The minimum absolute atomic E-state index is 0.0617. The monoisotopic (exact) mass is 409 g/mol. The summed E-state index contributed by atoms with van der Waals surface area (Å²) in [6.07, 6.45) is 1.22. The summed E-state index contributed by atoms with van der Waals surface area (Å²) in [5.74, 6) is 0.617. The molecule has 0 spiro atoms. The molecule has 0 saturated heterocycles. The second-order valence-electron chi connectivity index (χ2n) is 5.61. The number of nitrogens with zero attached hydrogens (tertiary/aromatic N) is 5. The van der Waals surface area contributed by atoms with Crippen LogP contribution in [0.3, 0.4) is 0 Å². The second kappa shape index (κ2) is 7.61. The van der Waals surface area contributed by atoms with Crippen LogP contribution in [0.4, 0.5) is 5.69 Å². The van der Waals surface area contributed by atoms with Crippen LogP contribution < -0.4 is 0 Å². The third kappa shape index (κ3) is 3.82. The van der Waals surface area contributed by atoms with Crippen LogP contribution in [0, 0.1) is 10.1 Å². The van der Waals surface area contributed by atoms with E-state index in [4.69, 9.17) is 23.2 Å². The highest BCUT2D eigenvalue weighted by molar-refractivity contribution is 7.99. The highest BCUT2D eigenvalue weighted by Crippen LogP contribution is 2.35. The van der Waals surface area contributed by atoms with Crippen molar-refractivity contribution >= 4 is 40.7 Å². The Balaban J connectivity index is 1.98. The van der Waals surface area contributed by atoms with Crippen molar-refractivity contribution in [3.8, 4) is 11.4 Å². The second-order valence-corrected chi connectivity index (χ2v) is 7.44. The Morgan fingerprint density at radius 1 is 1.19 bits per heavy atom. The SMILES string of the molecule is CC(C)n1c(Sc2ccc([N+](=O)[O-])cn2)nnc1-c1ccc(Cl)cc1Cl. The molecule has 2 heterocycles. The molecule has 10 heteroatoms. The molecular weight excluding hydrogens is 397 g/mol. The van der Waals surface area contributed by atoms with Gasteiger partial charge >= 0.3 is 0 Å². The Morgan fingerprint density at radius 2 is 1.96 bits per heavy atom. The van der Waals surface area contributed by atoms with Crippen molar-refractivity contribution in [1.82, 2.24) is 19.7 Å². The maximum absolute atomic E-state index is 10.7. The molecular formula is C16H13Cl2N5O2S. The summed E-state index contributed by atoms with van der Waals surface area (Å²) in [7, 11) is 0. The summed E-state index contributed by atoms with van der Waals surface area (Å²) in [6, 6.07) is 8.24. The van der Waals surface area contributed by atoms with Gasteiger partial charge in [0, 0.05) is 22.7 Å². The molecule has 1 aromatic carbocycles. The first-order chi connectivity index (χ1) is 12.4. The molecule has 0 saturated carbocycles. The van der Waals surface area contributed by atoms with Crippen LogP contribution in [0.15, 0.2) is 46.7 Å². The molecule has 7 nitrogen and oxygen atoms in total. The van der Waals surface area contributed by atoms with Gasteiger partial charge < -0.3 is 0 Å². The lowest BCUT2D eigenvalue weighted by Crippen LogP contribution is -2.05. The quantitative estimate of drug-likeness (QED) is 0.420. The van der Waals surface area contributed by atoms with Crippen LogP contribution >= 0.6 is 35.0 Å². The largest absolute Gasteiger partial charge is 0.299 e. The fourth-order valence-electron chi connectivity index (χ4n) is 2.30. The number of pyridine rings is 1. The molecule has 0 amide bonds. The molecule has 0 aliphatic rings. The summed E-state index contributed by atoms with van der Waals surface area (Å²) in [6.45, 7) is 4.01. The standard InChI is InChI=1S/C16H13Cl2N5O2S/c1-9(2)22-15(12-5-3-10(17)7-13(12)18)20-21-16(22)26-14-6-4-11(8-19-14)23(24)25/h3-9H,1-2H3. The molecule has 0 N–H and O–H groups in total. The predicted molar refractivity (Wildman–Crippen MR) is 101 cm³/mol. The summed E-state index contributed by atoms with van der Waals surface area (Å²) in [5.41, 5.74) is 0.661. The van der Waals surface area contributed by atoms with Crippen molar-refractivity contribution in [2.45, 2.75) is 30.1 Å². The van der Waals surface area contributed by atoms with Crippen molar-refractivity contribution < 1.29 is 4.92 Å². The number of hydrogen-bond acceptors (Lipinski definition) is 6. The minimum Gasteiger partial charge on any atom is -0.299 e. The van der Waals surface area contributed by atoms with Crippen molar-refractivity contribution in [3.63, 3.8) is 0 Å². The zero-order valence-electron chi connectivity index (χ0n) is 13.8. The molecule has 0 atom stereocenters. The van der Waals surface area contributed by atoms with E-state index in [9.17, 15) is 10.1 Å². The van der Waals surface area contributed by atoms with Crippen LogP contribution in [0.2, 0.25) is 10.0 Å². The van der Waals surface area contributed by atoms with E-state index in [0.29, 0.717) is 26.1 Å². The molecule has 134 valence electrons. The lowest BCUT2D eigenvalue weighted by atomic mass is 10.2. The Labute approximate surface area is 163 Å².